The van der Waals surface area contributed by atoms with Crippen LogP contribution >= 0.6 is 0 Å². The number of aromatic nitrogens is 1. The first-order valence-electron chi connectivity index (χ1n) is 11.2. The number of nitrogens with one attached hydrogen (secondary N) is 3. The van der Waals surface area contributed by atoms with E-state index in [2.05, 4.69) is 20.9 Å². The van der Waals surface area contributed by atoms with Crippen LogP contribution in [0.5, 0.6) is 5.75 Å². The monoisotopic (exact) mass is 446 g/mol. The van der Waals surface area contributed by atoms with Crippen LogP contribution in [0.2, 0.25) is 0 Å². The van der Waals surface area contributed by atoms with Crippen LogP contribution in [0.3, 0.4) is 0 Å². The summed E-state index contributed by atoms with van der Waals surface area (Å²) < 4.78 is 11.8. The fraction of sp³-hybridized carbons (Fsp3) is 0.308. The average molecular weight is 447 g/mol. The van der Waals surface area contributed by atoms with E-state index in [0.717, 1.165) is 24.2 Å². The first-order valence-corrected chi connectivity index (χ1v) is 11.2. The summed E-state index contributed by atoms with van der Waals surface area (Å²) in [5.41, 5.74) is 3.79. The number of hydrogen-bond acceptors (Lipinski definition) is 6. The molecule has 172 valence electrons. The van der Waals surface area contributed by atoms with E-state index < -0.39 is 0 Å². The van der Waals surface area contributed by atoms with Gasteiger partial charge in [-0.25, -0.2) is 4.98 Å². The third-order valence-corrected chi connectivity index (χ3v) is 5.47. The number of hydrogen-bond donors (Lipinski definition) is 3. The smallest absolute Gasteiger partial charge is 0.251 e. The van der Waals surface area contributed by atoms with Crippen molar-refractivity contribution >= 4 is 11.7 Å². The highest BCUT2D eigenvalue weighted by molar-refractivity contribution is 5.94. The Morgan fingerprint density at radius 1 is 1.21 bits per heavy atom. The zero-order valence-corrected chi connectivity index (χ0v) is 19.0. The third kappa shape index (κ3) is 6.54. The van der Waals surface area contributed by atoms with Crippen molar-refractivity contribution in [1.82, 2.24) is 15.6 Å². The lowest BCUT2D eigenvalue weighted by molar-refractivity contribution is 0.0466. The summed E-state index contributed by atoms with van der Waals surface area (Å²) in [4.78, 5) is 17.0. The van der Waals surface area contributed by atoms with Crippen LogP contribution in [0, 0.1) is 6.92 Å². The highest BCUT2D eigenvalue weighted by atomic mass is 16.5. The Morgan fingerprint density at radius 2 is 2.06 bits per heavy atom. The molecule has 1 amide bonds. The Hall–Kier alpha value is -3.42. The van der Waals surface area contributed by atoms with E-state index in [1.54, 1.807) is 6.20 Å². The molecule has 0 spiro atoms. The van der Waals surface area contributed by atoms with E-state index in [1.165, 1.54) is 5.56 Å². The van der Waals surface area contributed by atoms with Crippen LogP contribution in [-0.2, 0) is 11.3 Å². The van der Waals surface area contributed by atoms with Gasteiger partial charge in [-0.15, -0.1) is 0 Å². The standard InChI is InChI=1S/C26H30N4O3/c1-18-6-8-20(9-7-18)16-29-26(31)22-5-3-4-21(14-22)19(2)33-23-10-11-28-24(15-23)30-25-17-27-12-13-32-25/h3-11,14-15,19,25,27H,12-13,16-17H2,1-2H3,(H,28,30)(H,29,31). The number of ether oxygens (including phenoxy) is 2. The van der Waals surface area contributed by atoms with Crippen molar-refractivity contribution < 1.29 is 14.3 Å². The molecule has 0 aliphatic carbocycles. The molecular formula is C26H30N4O3. The van der Waals surface area contributed by atoms with Gasteiger partial charge in [0.1, 0.15) is 23.9 Å². The fourth-order valence-corrected chi connectivity index (χ4v) is 3.58. The van der Waals surface area contributed by atoms with Gasteiger partial charge in [-0.1, -0.05) is 42.0 Å². The normalized spacial score (nSPS) is 16.6. The maximum Gasteiger partial charge on any atom is 0.251 e. The topological polar surface area (TPSA) is 84.5 Å². The molecule has 3 N–H and O–H groups in total. The molecule has 1 aliphatic heterocycles. The summed E-state index contributed by atoms with van der Waals surface area (Å²) in [5.74, 6) is 1.27. The van der Waals surface area contributed by atoms with E-state index in [1.807, 2.05) is 74.5 Å². The molecule has 1 saturated heterocycles. The minimum atomic E-state index is -0.238. The summed E-state index contributed by atoms with van der Waals surface area (Å²) in [6.45, 7) is 6.74. The van der Waals surface area contributed by atoms with Gasteiger partial charge in [0.25, 0.3) is 5.91 Å². The molecule has 33 heavy (non-hydrogen) atoms. The number of morpholine rings is 1. The second kappa shape index (κ2) is 10.9. The lowest BCUT2D eigenvalue weighted by Gasteiger charge is -2.25. The number of benzene rings is 2. The highest BCUT2D eigenvalue weighted by Crippen LogP contribution is 2.24. The van der Waals surface area contributed by atoms with Crippen molar-refractivity contribution in [3.8, 4) is 5.75 Å². The second-order valence-corrected chi connectivity index (χ2v) is 8.14. The van der Waals surface area contributed by atoms with Crippen molar-refractivity contribution in [3.63, 3.8) is 0 Å². The first kappa shape index (κ1) is 22.8. The molecule has 2 unspecified atom stereocenters. The number of carbonyl (C=O) groups is 1. The zero-order valence-electron chi connectivity index (χ0n) is 19.0. The molecule has 0 radical (unpaired) electrons. The number of nitrogens with zero attached hydrogens (tertiary/aromatic N) is 1. The Morgan fingerprint density at radius 3 is 2.85 bits per heavy atom. The molecule has 2 atom stereocenters. The van der Waals surface area contributed by atoms with Gasteiger partial charge in [-0.05, 0) is 43.2 Å². The number of carbonyl (C=O) groups excluding carboxylic acids is 1. The van der Waals surface area contributed by atoms with Gasteiger partial charge in [-0.2, -0.15) is 0 Å². The molecule has 0 bridgehead atoms. The second-order valence-electron chi connectivity index (χ2n) is 8.14. The van der Waals surface area contributed by atoms with Crippen molar-refractivity contribution in [3.05, 3.63) is 89.1 Å². The molecule has 0 saturated carbocycles. The Labute approximate surface area is 194 Å². The molecule has 7 nitrogen and oxygen atoms in total. The SMILES string of the molecule is Cc1ccc(CNC(=O)c2cccc(C(C)Oc3ccnc(NC4CNCCO4)c3)c2)cc1. The van der Waals surface area contributed by atoms with Crippen molar-refractivity contribution in [2.24, 2.45) is 0 Å². The summed E-state index contributed by atoms with van der Waals surface area (Å²) in [7, 11) is 0. The molecule has 7 heteroatoms. The number of aryl methyl sites for hydroxylation is 1. The third-order valence-electron chi connectivity index (χ3n) is 5.47. The maximum atomic E-state index is 12.7. The highest BCUT2D eigenvalue weighted by Gasteiger charge is 2.15. The van der Waals surface area contributed by atoms with E-state index in [0.29, 0.717) is 30.3 Å². The molecule has 3 aromatic rings. The molecular weight excluding hydrogens is 416 g/mol. The summed E-state index contributed by atoms with van der Waals surface area (Å²) in [5, 5.41) is 9.52. The van der Waals surface area contributed by atoms with Gasteiger partial charge in [-0.3, -0.25) is 4.79 Å². The predicted molar refractivity (Wildman–Crippen MR) is 128 cm³/mol. The minimum absolute atomic E-state index is 0.110. The van der Waals surface area contributed by atoms with Gasteiger partial charge < -0.3 is 25.4 Å². The van der Waals surface area contributed by atoms with Crippen molar-refractivity contribution in [2.75, 3.05) is 25.0 Å². The molecule has 1 aromatic heterocycles. The molecule has 2 heterocycles. The lowest BCUT2D eigenvalue weighted by Crippen LogP contribution is -2.42. The molecule has 1 aliphatic rings. The van der Waals surface area contributed by atoms with E-state index in [9.17, 15) is 4.79 Å². The van der Waals surface area contributed by atoms with Crippen LogP contribution in [0.4, 0.5) is 5.82 Å². The maximum absolute atomic E-state index is 12.7. The van der Waals surface area contributed by atoms with Gasteiger partial charge in [0.15, 0.2) is 0 Å². The number of pyridine rings is 1. The minimum Gasteiger partial charge on any atom is -0.486 e. The van der Waals surface area contributed by atoms with Crippen molar-refractivity contribution in [2.45, 2.75) is 32.7 Å². The number of anilines is 1. The van der Waals surface area contributed by atoms with Crippen LogP contribution in [-0.4, -0.2) is 36.8 Å². The van der Waals surface area contributed by atoms with E-state index >= 15 is 0 Å². The Bertz CT molecular complexity index is 1070. The lowest BCUT2D eigenvalue weighted by atomic mass is 10.1. The summed E-state index contributed by atoms with van der Waals surface area (Å²) >= 11 is 0. The largest absolute Gasteiger partial charge is 0.486 e. The van der Waals surface area contributed by atoms with Gasteiger partial charge in [0.05, 0.1) is 6.61 Å². The van der Waals surface area contributed by atoms with Gasteiger partial charge in [0.2, 0.25) is 0 Å². The summed E-state index contributed by atoms with van der Waals surface area (Å²) in [6.07, 6.45) is 1.35. The summed E-state index contributed by atoms with van der Waals surface area (Å²) in [6, 6.07) is 19.3. The number of rotatable bonds is 8. The molecule has 1 fully saturated rings. The zero-order chi connectivity index (χ0) is 23.0. The van der Waals surface area contributed by atoms with Crippen LogP contribution < -0.4 is 20.7 Å². The van der Waals surface area contributed by atoms with Crippen LogP contribution in [0.25, 0.3) is 0 Å². The predicted octanol–water partition coefficient (Wildman–Crippen LogP) is 3.82. The van der Waals surface area contributed by atoms with Crippen LogP contribution in [0.1, 0.15) is 40.1 Å². The first-order chi connectivity index (χ1) is 16.1. The van der Waals surface area contributed by atoms with E-state index in [-0.39, 0.29) is 18.2 Å². The van der Waals surface area contributed by atoms with E-state index in [4.69, 9.17) is 9.47 Å². The Kier molecular flexibility index (Phi) is 7.55. The number of amides is 1. The molecule has 4 rings (SSSR count). The average Bonchev–Trinajstić information content (AvgIpc) is 2.84. The van der Waals surface area contributed by atoms with Crippen LogP contribution in [0.15, 0.2) is 66.9 Å². The van der Waals surface area contributed by atoms with Crippen molar-refractivity contribution in [1.29, 1.82) is 0 Å². The van der Waals surface area contributed by atoms with Gasteiger partial charge >= 0.3 is 0 Å². The molecule has 2 aromatic carbocycles. The van der Waals surface area contributed by atoms with Gasteiger partial charge in [0, 0.05) is 37.5 Å². The fourth-order valence-electron chi connectivity index (χ4n) is 3.58. The quantitative estimate of drug-likeness (QED) is 0.488. The Balaban J connectivity index is 1.36.